The predicted octanol–water partition coefficient (Wildman–Crippen LogP) is 3.30. The third-order valence-electron chi connectivity index (χ3n) is 3.41. The highest BCUT2D eigenvalue weighted by molar-refractivity contribution is 7.11. The fourth-order valence-electron chi connectivity index (χ4n) is 2.58. The van der Waals surface area contributed by atoms with Crippen molar-refractivity contribution in [2.75, 3.05) is 13.7 Å². The molecule has 18 heavy (non-hydrogen) atoms. The van der Waals surface area contributed by atoms with Crippen LogP contribution < -0.4 is 5.32 Å². The molecule has 0 bridgehead atoms. The Balaban J connectivity index is 2.13. The third kappa shape index (κ3) is 3.11. The topological polar surface area (TPSA) is 34.1 Å². The molecule has 1 N–H and O–H groups in total. The highest BCUT2D eigenvalue weighted by Crippen LogP contribution is 2.42. The standard InChI is InChI=1S/C14H24N2OS/c1-5-6-17-9-12-16-11-8-14(2,3)7-10(15-4)13(11)18-12/h10,15H,5-9H2,1-4H3. The summed E-state index contributed by atoms with van der Waals surface area (Å²) in [4.78, 5) is 6.19. The van der Waals surface area contributed by atoms with E-state index < -0.39 is 0 Å². The minimum atomic E-state index is 0.344. The van der Waals surface area contributed by atoms with Crippen molar-refractivity contribution in [1.82, 2.24) is 10.3 Å². The van der Waals surface area contributed by atoms with E-state index in [1.54, 1.807) is 0 Å². The Hall–Kier alpha value is -0.450. The molecular formula is C14H24N2OS. The van der Waals surface area contributed by atoms with Gasteiger partial charge >= 0.3 is 0 Å². The van der Waals surface area contributed by atoms with Crippen molar-refractivity contribution in [2.45, 2.75) is 52.7 Å². The summed E-state index contributed by atoms with van der Waals surface area (Å²) >= 11 is 1.82. The fourth-order valence-corrected chi connectivity index (χ4v) is 3.71. The molecule has 4 heteroatoms. The number of ether oxygens (including phenoxy) is 1. The molecule has 2 rings (SSSR count). The van der Waals surface area contributed by atoms with Crippen molar-refractivity contribution < 1.29 is 4.74 Å². The molecule has 0 amide bonds. The number of rotatable bonds is 5. The molecule has 0 aliphatic heterocycles. The lowest BCUT2D eigenvalue weighted by atomic mass is 9.76. The maximum atomic E-state index is 5.59. The lowest BCUT2D eigenvalue weighted by molar-refractivity contribution is 0.121. The Labute approximate surface area is 114 Å². The number of nitrogens with one attached hydrogen (secondary N) is 1. The van der Waals surface area contributed by atoms with Gasteiger partial charge in [0.05, 0.1) is 12.3 Å². The van der Waals surface area contributed by atoms with Gasteiger partial charge in [-0.05, 0) is 31.7 Å². The molecule has 1 aliphatic rings. The summed E-state index contributed by atoms with van der Waals surface area (Å²) in [5.74, 6) is 0. The summed E-state index contributed by atoms with van der Waals surface area (Å²) in [6.45, 7) is 8.28. The number of thiazole rings is 1. The first-order valence-corrected chi connectivity index (χ1v) is 7.61. The molecule has 0 fully saturated rings. The van der Waals surface area contributed by atoms with E-state index in [1.165, 1.54) is 17.0 Å². The summed E-state index contributed by atoms with van der Waals surface area (Å²) in [6, 6.07) is 0.459. The molecule has 0 saturated heterocycles. The molecule has 3 nitrogen and oxygen atoms in total. The van der Waals surface area contributed by atoms with Gasteiger partial charge in [-0.2, -0.15) is 0 Å². The molecule has 0 radical (unpaired) electrons. The van der Waals surface area contributed by atoms with Crippen LogP contribution >= 0.6 is 11.3 Å². The van der Waals surface area contributed by atoms with Crippen LogP contribution in [0.1, 0.15) is 55.2 Å². The summed E-state index contributed by atoms with van der Waals surface area (Å²) in [6.07, 6.45) is 3.34. The van der Waals surface area contributed by atoms with Gasteiger partial charge in [-0.3, -0.25) is 0 Å². The molecule has 0 spiro atoms. The SMILES string of the molecule is CCCOCc1nc2c(s1)C(NC)CC(C)(C)C2. The van der Waals surface area contributed by atoms with Crippen LogP contribution in [-0.4, -0.2) is 18.6 Å². The predicted molar refractivity (Wildman–Crippen MR) is 76.0 cm³/mol. The summed E-state index contributed by atoms with van der Waals surface area (Å²) in [5, 5.41) is 4.56. The zero-order valence-corrected chi connectivity index (χ0v) is 12.7. The molecule has 1 atom stereocenters. The minimum absolute atomic E-state index is 0.344. The maximum Gasteiger partial charge on any atom is 0.119 e. The largest absolute Gasteiger partial charge is 0.374 e. The fraction of sp³-hybridized carbons (Fsp3) is 0.786. The average Bonchev–Trinajstić information content (AvgIpc) is 2.69. The maximum absolute atomic E-state index is 5.59. The van der Waals surface area contributed by atoms with Crippen LogP contribution in [0.4, 0.5) is 0 Å². The van der Waals surface area contributed by atoms with Gasteiger partial charge in [-0.25, -0.2) is 4.98 Å². The summed E-state index contributed by atoms with van der Waals surface area (Å²) < 4.78 is 5.59. The molecule has 102 valence electrons. The first-order valence-electron chi connectivity index (χ1n) is 6.79. The molecule has 1 aromatic rings. The minimum Gasteiger partial charge on any atom is -0.374 e. The van der Waals surface area contributed by atoms with Crippen LogP contribution in [0.25, 0.3) is 0 Å². The van der Waals surface area contributed by atoms with Gasteiger partial charge in [0.15, 0.2) is 0 Å². The quantitative estimate of drug-likeness (QED) is 0.832. The summed E-state index contributed by atoms with van der Waals surface area (Å²) in [5.41, 5.74) is 1.63. The van der Waals surface area contributed by atoms with Gasteiger partial charge in [-0.1, -0.05) is 20.8 Å². The van der Waals surface area contributed by atoms with Crippen molar-refractivity contribution in [3.8, 4) is 0 Å². The van der Waals surface area contributed by atoms with Crippen LogP contribution in [0.15, 0.2) is 0 Å². The second-order valence-corrected chi connectivity index (χ2v) is 6.97. The zero-order chi connectivity index (χ0) is 13.2. The molecular weight excluding hydrogens is 244 g/mol. The second kappa shape index (κ2) is 5.68. The van der Waals surface area contributed by atoms with Crippen molar-refractivity contribution in [3.63, 3.8) is 0 Å². The van der Waals surface area contributed by atoms with E-state index in [0.29, 0.717) is 18.1 Å². The van der Waals surface area contributed by atoms with E-state index in [-0.39, 0.29) is 0 Å². The van der Waals surface area contributed by atoms with Crippen LogP contribution in [0.3, 0.4) is 0 Å². The normalized spacial score (nSPS) is 21.9. The number of hydrogen-bond donors (Lipinski definition) is 1. The molecule has 0 aromatic carbocycles. The first-order chi connectivity index (χ1) is 8.55. The smallest absolute Gasteiger partial charge is 0.119 e. The zero-order valence-electron chi connectivity index (χ0n) is 11.9. The third-order valence-corrected chi connectivity index (χ3v) is 4.60. The number of aromatic nitrogens is 1. The van der Waals surface area contributed by atoms with Crippen LogP contribution in [0, 0.1) is 5.41 Å². The number of nitrogens with zero attached hydrogens (tertiary/aromatic N) is 1. The Bertz CT molecular complexity index is 400. The average molecular weight is 268 g/mol. The van der Waals surface area contributed by atoms with E-state index in [9.17, 15) is 0 Å². The van der Waals surface area contributed by atoms with Gasteiger partial charge < -0.3 is 10.1 Å². The van der Waals surface area contributed by atoms with Crippen LogP contribution in [0.5, 0.6) is 0 Å². The van der Waals surface area contributed by atoms with Gasteiger partial charge in [0.2, 0.25) is 0 Å². The van der Waals surface area contributed by atoms with Gasteiger partial charge in [0, 0.05) is 17.5 Å². The van der Waals surface area contributed by atoms with Gasteiger partial charge in [0.25, 0.3) is 0 Å². The van der Waals surface area contributed by atoms with Crippen molar-refractivity contribution in [2.24, 2.45) is 5.41 Å². The van der Waals surface area contributed by atoms with Crippen molar-refractivity contribution in [3.05, 3.63) is 15.6 Å². The van der Waals surface area contributed by atoms with E-state index in [0.717, 1.165) is 24.5 Å². The monoisotopic (exact) mass is 268 g/mol. The van der Waals surface area contributed by atoms with Crippen LogP contribution in [0.2, 0.25) is 0 Å². The van der Waals surface area contributed by atoms with E-state index >= 15 is 0 Å². The molecule has 1 unspecified atom stereocenters. The van der Waals surface area contributed by atoms with Crippen LogP contribution in [-0.2, 0) is 17.8 Å². The number of hydrogen-bond acceptors (Lipinski definition) is 4. The Morgan fingerprint density at radius 2 is 2.28 bits per heavy atom. The van der Waals surface area contributed by atoms with E-state index in [4.69, 9.17) is 9.72 Å². The Kier molecular flexibility index (Phi) is 4.41. The lowest BCUT2D eigenvalue weighted by Crippen LogP contribution is -2.30. The van der Waals surface area contributed by atoms with Crippen molar-refractivity contribution in [1.29, 1.82) is 0 Å². The van der Waals surface area contributed by atoms with Gasteiger partial charge in [-0.15, -0.1) is 11.3 Å². The molecule has 1 heterocycles. The van der Waals surface area contributed by atoms with Gasteiger partial charge in [0.1, 0.15) is 5.01 Å². The lowest BCUT2D eigenvalue weighted by Gasteiger charge is -2.34. The first kappa shape index (κ1) is 14.0. The molecule has 0 saturated carbocycles. The highest BCUT2D eigenvalue weighted by atomic mass is 32.1. The second-order valence-electron chi connectivity index (χ2n) is 5.86. The highest BCUT2D eigenvalue weighted by Gasteiger charge is 2.34. The van der Waals surface area contributed by atoms with E-state index in [2.05, 4.69) is 26.1 Å². The number of fused-ring (bicyclic) bond motifs is 1. The summed E-state index contributed by atoms with van der Waals surface area (Å²) in [7, 11) is 2.04. The molecule has 1 aliphatic carbocycles. The van der Waals surface area contributed by atoms with Crippen molar-refractivity contribution >= 4 is 11.3 Å². The Morgan fingerprint density at radius 3 is 2.94 bits per heavy atom. The molecule has 1 aromatic heterocycles. The van der Waals surface area contributed by atoms with E-state index in [1.807, 2.05) is 18.4 Å². The Morgan fingerprint density at radius 1 is 1.50 bits per heavy atom.